The van der Waals surface area contributed by atoms with E-state index in [0.717, 1.165) is 12.8 Å². The van der Waals surface area contributed by atoms with Crippen LogP contribution in [-0.2, 0) is 0 Å². The van der Waals surface area contributed by atoms with Crippen molar-refractivity contribution in [1.29, 1.82) is 0 Å². The fraction of sp³-hybridized carbons (Fsp3) is 0.385. The van der Waals surface area contributed by atoms with Crippen LogP contribution in [0.5, 0.6) is 5.75 Å². The Morgan fingerprint density at radius 3 is 2.81 bits per heavy atom. The van der Waals surface area contributed by atoms with Gasteiger partial charge in [-0.3, -0.25) is 0 Å². The lowest BCUT2D eigenvalue weighted by molar-refractivity contribution is 0.411. The van der Waals surface area contributed by atoms with Gasteiger partial charge in [0.05, 0.1) is 18.7 Å². The largest absolute Gasteiger partial charge is 0.497 e. The van der Waals surface area contributed by atoms with E-state index in [0.29, 0.717) is 11.3 Å². The molecule has 0 aromatic heterocycles. The zero-order valence-corrected chi connectivity index (χ0v) is 9.59. The highest BCUT2D eigenvalue weighted by Gasteiger charge is 2.01. The van der Waals surface area contributed by atoms with Crippen LogP contribution in [0.4, 0.5) is 4.39 Å². The Hall–Kier alpha value is -1.53. The summed E-state index contributed by atoms with van der Waals surface area (Å²) in [6.07, 6.45) is 1.80. The molecule has 0 spiro atoms. The summed E-state index contributed by atoms with van der Waals surface area (Å²) < 4.78 is 18.4. The van der Waals surface area contributed by atoms with Crippen molar-refractivity contribution in [2.45, 2.75) is 25.8 Å². The van der Waals surface area contributed by atoms with Crippen LogP contribution in [0, 0.1) is 17.7 Å². The summed E-state index contributed by atoms with van der Waals surface area (Å²) in [4.78, 5) is 0. The van der Waals surface area contributed by atoms with Gasteiger partial charge in [-0.2, -0.15) is 0 Å². The van der Waals surface area contributed by atoms with Crippen molar-refractivity contribution in [3.05, 3.63) is 29.6 Å². The summed E-state index contributed by atoms with van der Waals surface area (Å²) in [5.74, 6) is 5.68. The van der Waals surface area contributed by atoms with Gasteiger partial charge < -0.3 is 10.5 Å². The van der Waals surface area contributed by atoms with E-state index in [4.69, 9.17) is 10.5 Å². The molecular weight excluding hydrogens is 205 g/mol. The molecule has 1 rings (SSSR count). The summed E-state index contributed by atoms with van der Waals surface area (Å²) >= 11 is 0. The topological polar surface area (TPSA) is 35.2 Å². The first-order valence-corrected chi connectivity index (χ1v) is 5.28. The first-order valence-electron chi connectivity index (χ1n) is 5.28. The smallest absolute Gasteiger partial charge is 0.142 e. The Balaban J connectivity index is 2.81. The summed E-state index contributed by atoms with van der Waals surface area (Å²) in [6, 6.07) is 4.40. The monoisotopic (exact) mass is 221 g/mol. The molecule has 1 unspecified atom stereocenters. The molecule has 0 radical (unpaired) electrons. The Bertz CT molecular complexity index is 406. The van der Waals surface area contributed by atoms with E-state index in [1.54, 1.807) is 12.1 Å². The maximum absolute atomic E-state index is 13.5. The van der Waals surface area contributed by atoms with E-state index < -0.39 is 0 Å². The quantitative estimate of drug-likeness (QED) is 0.795. The lowest BCUT2D eigenvalue weighted by Crippen LogP contribution is -2.16. The van der Waals surface area contributed by atoms with E-state index in [2.05, 4.69) is 11.8 Å². The minimum absolute atomic E-state index is 0.188. The summed E-state index contributed by atoms with van der Waals surface area (Å²) in [6.45, 7) is 2.04. The first kappa shape index (κ1) is 12.5. The molecule has 0 aliphatic carbocycles. The lowest BCUT2D eigenvalue weighted by Gasteiger charge is -2.01. The molecule has 2 nitrogen and oxygen atoms in total. The molecule has 2 N–H and O–H groups in total. The molecule has 0 saturated heterocycles. The normalized spacial score (nSPS) is 11.5. The number of methoxy groups -OCH3 is 1. The van der Waals surface area contributed by atoms with Crippen LogP contribution < -0.4 is 10.5 Å². The maximum Gasteiger partial charge on any atom is 0.142 e. The van der Waals surface area contributed by atoms with Crippen LogP contribution in [0.2, 0.25) is 0 Å². The third kappa shape index (κ3) is 3.56. The van der Waals surface area contributed by atoms with Crippen molar-refractivity contribution in [2.75, 3.05) is 7.11 Å². The van der Waals surface area contributed by atoms with Crippen molar-refractivity contribution in [1.82, 2.24) is 0 Å². The van der Waals surface area contributed by atoms with Crippen LogP contribution in [0.15, 0.2) is 18.2 Å². The highest BCUT2D eigenvalue weighted by atomic mass is 19.1. The second-order valence-corrected chi connectivity index (χ2v) is 3.51. The predicted molar refractivity (Wildman–Crippen MR) is 62.7 cm³/mol. The van der Waals surface area contributed by atoms with Crippen molar-refractivity contribution in [3.8, 4) is 17.6 Å². The third-order valence-corrected chi connectivity index (χ3v) is 2.17. The Morgan fingerprint density at radius 1 is 1.50 bits per heavy atom. The molecule has 1 aromatic rings. The highest BCUT2D eigenvalue weighted by Crippen LogP contribution is 2.15. The van der Waals surface area contributed by atoms with Crippen LogP contribution in [0.3, 0.4) is 0 Å². The summed E-state index contributed by atoms with van der Waals surface area (Å²) in [5, 5.41) is 0. The predicted octanol–water partition coefficient (Wildman–Crippen LogP) is 2.31. The number of halogens is 1. The van der Waals surface area contributed by atoms with Crippen LogP contribution >= 0.6 is 0 Å². The molecule has 0 aliphatic rings. The highest BCUT2D eigenvalue weighted by molar-refractivity contribution is 5.40. The van der Waals surface area contributed by atoms with Gasteiger partial charge in [-0.1, -0.05) is 25.2 Å². The molecule has 1 aromatic carbocycles. The van der Waals surface area contributed by atoms with Gasteiger partial charge in [0.2, 0.25) is 0 Å². The lowest BCUT2D eigenvalue weighted by atomic mass is 10.1. The minimum Gasteiger partial charge on any atom is -0.497 e. The molecule has 0 amide bonds. The van der Waals surface area contributed by atoms with Crippen molar-refractivity contribution >= 4 is 0 Å². The van der Waals surface area contributed by atoms with Crippen molar-refractivity contribution < 1.29 is 9.13 Å². The van der Waals surface area contributed by atoms with Crippen LogP contribution in [0.1, 0.15) is 25.3 Å². The van der Waals surface area contributed by atoms with Gasteiger partial charge in [0, 0.05) is 6.07 Å². The Labute approximate surface area is 95.6 Å². The van der Waals surface area contributed by atoms with E-state index in [-0.39, 0.29) is 11.9 Å². The van der Waals surface area contributed by atoms with Gasteiger partial charge in [0.15, 0.2) is 0 Å². The Morgan fingerprint density at radius 2 is 2.25 bits per heavy atom. The zero-order chi connectivity index (χ0) is 12.0. The third-order valence-electron chi connectivity index (χ3n) is 2.17. The number of benzene rings is 1. The van der Waals surface area contributed by atoms with Crippen molar-refractivity contribution in [3.63, 3.8) is 0 Å². The molecule has 0 heterocycles. The fourth-order valence-electron chi connectivity index (χ4n) is 1.28. The second-order valence-electron chi connectivity index (χ2n) is 3.51. The van der Waals surface area contributed by atoms with Gasteiger partial charge >= 0.3 is 0 Å². The molecule has 0 fully saturated rings. The number of rotatable bonds is 3. The maximum atomic E-state index is 13.5. The summed E-state index contributed by atoms with van der Waals surface area (Å²) in [7, 11) is 1.50. The first-order chi connectivity index (χ1) is 7.67. The molecular formula is C13H16FNO. The number of nitrogens with two attached hydrogens (primary N) is 1. The molecule has 86 valence electrons. The van der Waals surface area contributed by atoms with Gasteiger partial charge in [-0.25, -0.2) is 4.39 Å². The van der Waals surface area contributed by atoms with Gasteiger partial charge in [-0.05, 0) is 18.6 Å². The molecule has 16 heavy (non-hydrogen) atoms. The number of hydrogen-bond donors (Lipinski definition) is 1. The average Bonchev–Trinajstić information content (AvgIpc) is 2.27. The SMILES string of the molecule is CCCC(N)C#Cc1ccc(OC)cc1F. The molecule has 3 heteroatoms. The molecule has 1 atom stereocenters. The molecule has 0 saturated carbocycles. The molecule has 0 bridgehead atoms. The van der Waals surface area contributed by atoms with Gasteiger partial charge in [0.1, 0.15) is 11.6 Å². The Kier molecular flexibility index (Phi) is 4.81. The second kappa shape index (κ2) is 6.14. The van der Waals surface area contributed by atoms with E-state index in [1.165, 1.54) is 13.2 Å². The number of ether oxygens (including phenoxy) is 1. The zero-order valence-electron chi connectivity index (χ0n) is 9.59. The van der Waals surface area contributed by atoms with E-state index in [1.807, 2.05) is 6.92 Å². The summed E-state index contributed by atoms with van der Waals surface area (Å²) in [5.41, 5.74) is 6.07. The standard InChI is InChI=1S/C13H16FNO/c1-3-4-11(15)7-5-10-6-8-12(16-2)9-13(10)14/h6,8-9,11H,3-4,15H2,1-2H3. The van der Waals surface area contributed by atoms with Crippen LogP contribution in [0.25, 0.3) is 0 Å². The van der Waals surface area contributed by atoms with Gasteiger partial charge in [0.25, 0.3) is 0 Å². The average molecular weight is 221 g/mol. The number of hydrogen-bond acceptors (Lipinski definition) is 2. The van der Waals surface area contributed by atoms with Crippen LogP contribution in [-0.4, -0.2) is 13.2 Å². The van der Waals surface area contributed by atoms with E-state index in [9.17, 15) is 4.39 Å². The van der Waals surface area contributed by atoms with Gasteiger partial charge in [-0.15, -0.1) is 0 Å². The van der Waals surface area contributed by atoms with E-state index >= 15 is 0 Å². The fourth-order valence-corrected chi connectivity index (χ4v) is 1.28. The minimum atomic E-state index is -0.379. The van der Waals surface area contributed by atoms with Crippen molar-refractivity contribution in [2.24, 2.45) is 5.73 Å². The molecule has 0 aliphatic heterocycles.